The number of nitrogens with one attached hydrogen (secondary N) is 1. The first-order valence-electron chi connectivity index (χ1n) is 10.1. The van der Waals surface area contributed by atoms with E-state index in [9.17, 15) is 0 Å². The average molecular weight is 510 g/mol. The van der Waals surface area contributed by atoms with Crippen LogP contribution < -0.4 is 10.1 Å². The van der Waals surface area contributed by atoms with E-state index in [1.807, 2.05) is 13.1 Å². The Labute approximate surface area is 190 Å². The smallest absolute Gasteiger partial charge is 0.193 e. The number of aliphatic imine (C=N–C) groups is 1. The van der Waals surface area contributed by atoms with Gasteiger partial charge in [-0.2, -0.15) is 0 Å². The lowest BCUT2D eigenvalue weighted by atomic mass is 10.1. The number of benzene rings is 2. The van der Waals surface area contributed by atoms with Gasteiger partial charge in [0.05, 0.1) is 20.3 Å². The fourth-order valence-electron chi connectivity index (χ4n) is 4.20. The number of ether oxygens (including phenoxy) is 2. The molecule has 1 atom stereocenters. The fourth-order valence-corrected chi connectivity index (χ4v) is 4.20. The van der Waals surface area contributed by atoms with Gasteiger partial charge < -0.3 is 19.7 Å². The summed E-state index contributed by atoms with van der Waals surface area (Å²) in [5, 5.41) is 5.97. The minimum Gasteiger partial charge on any atom is -0.497 e. The van der Waals surface area contributed by atoms with Crippen LogP contribution in [0.2, 0.25) is 0 Å². The molecule has 0 amide bonds. The monoisotopic (exact) mass is 510 g/mol. The Kier molecular flexibility index (Phi) is 7.97. The van der Waals surface area contributed by atoms with Crippen LogP contribution in [0.15, 0.2) is 41.4 Å². The van der Waals surface area contributed by atoms with Crippen LogP contribution in [0.3, 0.4) is 0 Å². The third-order valence-corrected chi connectivity index (χ3v) is 5.80. The fraction of sp³-hybridized carbons (Fsp3) is 0.500. The second-order valence-electron chi connectivity index (χ2n) is 7.49. The largest absolute Gasteiger partial charge is 0.497 e. The molecule has 2 aliphatic rings. The van der Waals surface area contributed by atoms with Crippen molar-refractivity contribution >= 4 is 40.7 Å². The first-order chi connectivity index (χ1) is 13.8. The first kappa shape index (κ1) is 22.1. The minimum atomic E-state index is 0. The van der Waals surface area contributed by atoms with Crippen molar-refractivity contribution in [1.82, 2.24) is 15.1 Å². The van der Waals surface area contributed by atoms with Gasteiger partial charge in [0.25, 0.3) is 0 Å². The summed E-state index contributed by atoms with van der Waals surface area (Å²) in [7, 11) is 3.57. The summed E-state index contributed by atoms with van der Waals surface area (Å²) in [6.07, 6.45) is 1.19. The maximum atomic E-state index is 5.49. The van der Waals surface area contributed by atoms with Gasteiger partial charge in [-0.1, -0.05) is 18.2 Å². The van der Waals surface area contributed by atoms with E-state index in [0.29, 0.717) is 6.04 Å². The van der Waals surface area contributed by atoms with Gasteiger partial charge in [-0.15, -0.1) is 24.0 Å². The number of morpholine rings is 1. The Morgan fingerprint density at radius 1 is 1.14 bits per heavy atom. The van der Waals surface area contributed by atoms with Crippen molar-refractivity contribution in [2.45, 2.75) is 19.0 Å². The van der Waals surface area contributed by atoms with Crippen molar-refractivity contribution in [2.75, 3.05) is 53.6 Å². The van der Waals surface area contributed by atoms with Gasteiger partial charge in [0, 0.05) is 45.8 Å². The third-order valence-electron chi connectivity index (χ3n) is 5.80. The number of halogens is 1. The molecule has 0 radical (unpaired) electrons. The lowest BCUT2D eigenvalue weighted by molar-refractivity contribution is 0.0195. The van der Waals surface area contributed by atoms with Gasteiger partial charge in [0.1, 0.15) is 5.75 Å². The van der Waals surface area contributed by atoms with Crippen molar-refractivity contribution in [3.63, 3.8) is 0 Å². The highest BCUT2D eigenvalue weighted by Gasteiger charge is 2.30. The molecule has 0 spiro atoms. The summed E-state index contributed by atoms with van der Waals surface area (Å²) in [5.74, 6) is 1.88. The van der Waals surface area contributed by atoms with Crippen LogP contribution in [0, 0.1) is 0 Å². The predicted octanol–water partition coefficient (Wildman–Crippen LogP) is 2.95. The Morgan fingerprint density at radius 3 is 2.66 bits per heavy atom. The van der Waals surface area contributed by atoms with Gasteiger partial charge in [-0.3, -0.25) is 9.89 Å². The quantitative estimate of drug-likeness (QED) is 0.390. The van der Waals surface area contributed by atoms with Gasteiger partial charge in [0.2, 0.25) is 0 Å². The summed E-state index contributed by atoms with van der Waals surface area (Å²) >= 11 is 0. The molecule has 1 unspecified atom stereocenters. The Balaban J connectivity index is 0.00000240. The second kappa shape index (κ2) is 10.4. The van der Waals surface area contributed by atoms with Crippen LogP contribution in [0.5, 0.6) is 5.75 Å². The van der Waals surface area contributed by atoms with Gasteiger partial charge in [-0.25, -0.2) is 0 Å². The van der Waals surface area contributed by atoms with Gasteiger partial charge in [-0.05, 0) is 41.0 Å². The molecule has 1 N–H and O–H groups in total. The summed E-state index contributed by atoms with van der Waals surface area (Å²) in [5.41, 5.74) is 1.25. The molecule has 2 fully saturated rings. The van der Waals surface area contributed by atoms with Crippen molar-refractivity contribution in [3.05, 3.63) is 42.0 Å². The molecule has 0 saturated carbocycles. The highest BCUT2D eigenvalue weighted by molar-refractivity contribution is 14.0. The zero-order valence-corrected chi connectivity index (χ0v) is 19.6. The summed E-state index contributed by atoms with van der Waals surface area (Å²) in [6, 6.07) is 13.4. The van der Waals surface area contributed by atoms with E-state index >= 15 is 0 Å². The highest BCUT2D eigenvalue weighted by atomic mass is 127. The number of methoxy groups -OCH3 is 1. The molecule has 2 aliphatic heterocycles. The normalized spacial score (nSPS) is 20.6. The molecule has 7 heteroatoms. The second-order valence-corrected chi connectivity index (χ2v) is 7.49. The molecule has 2 aromatic carbocycles. The zero-order valence-electron chi connectivity index (χ0n) is 17.3. The third kappa shape index (κ3) is 5.32. The Bertz CT molecular complexity index is 839. The molecular weight excluding hydrogens is 479 g/mol. The van der Waals surface area contributed by atoms with Crippen LogP contribution >= 0.6 is 24.0 Å². The van der Waals surface area contributed by atoms with E-state index < -0.39 is 0 Å². The number of rotatable bonds is 4. The molecule has 2 heterocycles. The molecule has 4 rings (SSSR count). The summed E-state index contributed by atoms with van der Waals surface area (Å²) in [6.45, 7) is 6.68. The maximum Gasteiger partial charge on any atom is 0.193 e. The van der Waals surface area contributed by atoms with E-state index in [1.54, 1.807) is 7.11 Å². The summed E-state index contributed by atoms with van der Waals surface area (Å²) < 4.78 is 10.8. The molecule has 6 nitrogen and oxygen atoms in total. The van der Waals surface area contributed by atoms with E-state index in [1.165, 1.54) is 22.8 Å². The van der Waals surface area contributed by atoms with Crippen molar-refractivity contribution in [3.8, 4) is 5.75 Å². The number of fused-ring (bicyclic) bond motifs is 1. The van der Waals surface area contributed by atoms with Crippen LogP contribution in [0.1, 0.15) is 12.0 Å². The molecule has 0 aromatic heterocycles. The van der Waals surface area contributed by atoms with Crippen molar-refractivity contribution in [2.24, 2.45) is 4.99 Å². The average Bonchev–Trinajstić information content (AvgIpc) is 3.24. The van der Waals surface area contributed by atoms with Crippen LogP contribution in [0.4, 0.5) is 0 Å². The number of hydrogen-bond acceptors (Lipinski definition) is 4. The number of hydrogen-bond donors (Lipinski definition) is 1. The van der Waals surface area contributed by atoms with Crippen LogP contribution in [0.25, 0.3) is 10.8 Å². The topological polar surface area (TPSA) is 49.3 Å². The van der Waals surface area contributed by atoms with E-state index in [0.717, 1.165) is 57.6 Å². The van der Waals surface area contributed by atoms with Gasteiger partial charge >= 0.3 is 0 Å². The van der Waals surface area contributed by atoms with E-state index in [2.05, 4.69) is 50.4 Å². The standard InChI is InChI=1S/C22H30N4O2.HI/c1-23-22(26-8-7-20(16-26)25-9-11-28-12-10-25)24-15-17-3-4-19-14-21(27-2)6-5-18(19)13-17;/h3-6,13-14,20H,7-12,15-16H2,1-2H3,(H,23,24);1H. The van der Waals surface area contributed by atoms with E-state index in [-0.39, 0.29) is 24.0 Å². The Hall–Kier alpha value is -1.58. The predicted molar refractivity (Wildman–Crippen MR) is 128 cm³/mol. The van der Waals surface area contributed by atoms with E-state index in [4.69, 9.17) is 9.47 Å². The number of nitrogens with zero attached hydrogens (tertiary/aromatic N) is 3. The molecule has 29 heavy (non-hydrogen) atoms. The lowest BCUT2D eigenvalue weighted by Crippen LogP contribution is -2.46. The molecule has 2 aromatic rings. The van der Waals surface area contributed by atoms with Crippen molar-refractivity contribution in [1.29, 1.82) is 0 Å². The molecule has 2 saturated heterocycles. The van der Waals surface area contributed by atoms with Crippen LogP contribution in [-0.4, -0.2) is 75.4 Å². The Morgan fingerprint density at radius 2 is 1.90 bits per heavy atom. The lowest BCUT2D eigenvalue weighted by Gasteiger charge is -2.32. The number of likely N-dealkylation sites (tertiary alicyclic amines) is 1. The van der Waals surface area contributed by atoms with Crippen LogP contribution in [-0.2, 0) is 11.3 Å². The molecule has 0 aliphatic carbocycles. The SMILES string of the molecule is CN=C(NCc1ccc2cc(OC)ccc2c1)N1CCC(N2CCOCC2)C1.I. The summed E-state index contributed by atoms with van der Waals surface area (Å²) in [4.78, 5) is 9.47. The molecule has 158 valence electrons. The zero-order chi connectivity index (χ0) is 19.3. The minimum absolute atomic E-state index is 0. The molecular formula is C22H31IN4O2. The van der Waals surface area contributed by atoms with Gasteiger partial charge in [0.15, 0.2) is 5.96 Å². The first-order valence-corrected chi connectivity index (χ1v) is 10.1. The molecule has 0 bridgehead atoms. The maximum absolute atomic E-state index is 5.49. The van der Waals surface area contributed by atoms with Crippen molar-refractivity contribution < 1.29 is 9.47 Å². The number of guanidine groups is 1. The highest BCUT2D eigenvalue weighted by Crippen LogP contribution is 2.22.